The second-order valence-electron chi connectivity index (χ2n) is 7.99. The molecular formula is C22H24FN7. The average Bonchev–Trinajstić information content (AvgIpc) is 3.35. The molecule has 0 spiro atoms. The van der Waals surface area contributed by atoms with Gasteiger partial charge in [-0.2, -0.15) is 5.10 Å². The number of likely N-dealkylation sites (N-methyl/N-ethyl adjacent to an activating group) is 1. The Kier molecular flexibility index (Phi) is 4.80. The molecule has 4 heterocycles. The molecule has 7 nitrogen and oxygen atoms in total. The minimum Gasteiger partial charge on any atom is -0.296 e. The third-order valence-electron chi connectivity index (χ3n) is 5.81. The zero-order valence-corrected chi connectivity index (χ0v) is 17.1. The molecule has 3 aromatic heterocycles. The summed E-state index contributed by atoms with van der Waals surface area (Å²) < 4.78 is 17.2. The van der Waals surface area contributed by atoms with Crippen molar-refractivity contribution in [1.82, 2.24) is 34.4 Å². The van der Waals surface area contributed by atoms with E-state index in [1.165, 1.54) is 17.7 Å². The van der Waals surface area contributed by atoms with Gasteiger partial charge in [0.05, 0.1) is 17.8 Å². The lowest BCUT2D eigenvalue weighted by molar-refractivity contribution is 0.0889. The number of hydrogen-bond donors (Lipinski definition) is 0. The quantitative estimate of drug-likeness (QED) is 0.523. The Labute approximate surface area is 174 Å². The van der Waals surface area contributed by atoms with Crippen molar-refractivity contribution in [2.45, 2.75) is 12.6 Å². The van der Waals surface area contributed by atoms with Crippen molar-refractivity contribution in [1.29, 1.82) is 0 Å². The number of hydrogen-bond acceptors (Lipinski definition) is 5. The van der Waals surface area contributed by atoms with E-state index in [0.29, 0.717) is 0 Å². The van der Waals surface area contributed by atoms with E-state index in [1.807, 2.05) is 42.3 Å². The summed E-state index contributed by atoms with van der Waals surface area (Å²) >= 11 is 0. The first-order valence-corrected chi connectivity index (χ1v) is 10.1. The molecule has 0 radical (unpaired) electrons. The van der Waals surface area contributed by atoms with Crippen LogP contribution in [0.1, 0.15) is 17.3 Å². The number of nitrogens with zero attached hydrogens (tertiary/aromatic N) is 7. The number of aromatic nitrogens is 5. The van der Waals surface area contributed by atoms with E-state index in [1.54, 1.807) is 10.6 Å². The van der Waals surface area contributed by atoms with Crippen molar-refractivity contribution < 1.29 is 4.39 Å². The first-order valence-electron chi connectivity index (χ1n) is 10.1. The van der Waals surface area contributed by atoms with Crippen LogP contribution in [-0.4, -0.2) is 61.1 Å². The van der Waals surface area contributed by atoms with Crippen molar-refractivity contribution in [2.75, 3.05) is 26.7 Å². The van der Waals surface area contributed by atoms with Crippen molar-refractivity contribution in [3.8, 4) is 11.1 Å². The monoisotopic (exact) mass is 405 g/mol. The van der Waals surface area contributed by atoms with Crippen molar-refractivity contribution in [2.24, 2.45) is 7.05 Å². The first kappa shape index (κ1) is 18.9. The third-order valence-corrected chi connectivity index (χ3v) is 5.81. The van der Waals surface area contributed by atoms with Crippen LogP contribution in [0.3, 0.4) is 0 Å². The van der Waals surface area contributed by atoms with Crippen LogP contribution in [0.25, 0.3) is 16.6 Å². The molecule has 1 fully saturated rings. The van der Waals surface area contributed by atoms with Crippen LogP contribution in [0, 0.1) is 5.82 Å². The fourth-order valence-electron chi connectivity index (χ4n) is 4.17. The molecule has 4 aromatic rings. The highest BCUT2D eigenvalue weighted by atomic mass is 19.1. The molecule has 154 valence electrons. The Hall–Kier alpha value is -3.10. The highest BCUT2D eigenvalue weighted by molar-refractivity contribution is 5.66. The van der Waals surface area contributed by atoms with Crippen LogP contribution in [0.5, 0.6) is 0 Å². The summed E-state index contributed by atoms with van der Waals surface area (Å²) in [6.07, 6.45) is 5.90. The summed E-state index contributed by atoms with van der Waals surface area (Å²) in [7, 11) is 4.08. The number of pyridine rings is 1. The Morgan fingerprint density at radius 2 is 1.97 bits per heavy atom. The molecule has 0 bridgehead atoms. The molecular weight excluding hydrogens is 381 g/mol. The topological polar surface area (TPSA) is 54.5 Å². The smallest absolute Gasteiger partial charge is 0.123 e. The second kappa shape index (κ2) is 7.62. The number of halogens is 1. The predicted octanol–water partition coefficient (Wildman–Crippen LogP) is 2.76. The van der Waals surface area contributed by atoms with Crippen molar-refractivity contribution in [3.63, 3.8) is 0 Å². The minimum absolute atomic E-state index is 0.160. The average molecular weight is 405 g/mol. The van der Waals surface area contributed by atoms with Gasteiger partial charge in [-0.3, -0.25) is 14.5 Å². The molecule has 1 aromatic carbocycles. The maximum Gasteiger partial charge on any atom is 0.123 e. The van der Waals surface area contributed by atoms with Gasteiger partial charge >= 0.3 is 0 Å². The Balaban J connectivity index is 1.41. The molecule has 1 aliphatic rings. The molecule has 0 saturated carbocycles. The van der Waals surface area contributed by atoms with Gasteiger partial charge in [0.1, 0.15) is 11.5 Å². The molecule has 1 saturated heterocycles. The van der Waals surface area contributed by atoms with Gasteiger partial charge in [-0.1, -0.05) is 23.4 Å². The molecule has 0 aliphatic carbocycles. The third kappa shape index (κ3) is 3.59. The van der Waals surface area contributed by atoms with Crippen LogP contribution >= 0.6 is 0 Å². The zero-order valence-electron chi connectivity index (χ0n) is 17.1. The molecule has 0 amide bonds. The van der Waals surface area contributed by atoms with E-state index in [9.17, 15) is 4.39 Å². The Morgan fingerprint density at radius 3 is 2.77 bits per heavy atom. The predicted molar refractivity (Wildman–Crippen MR) is 112 cm³/mol. The Bertz CT molecular complexity index is 1180. The summed E-state index contributed by atoms with van der Waals surface area (Å²) in [5.74, 6) is -0.246. The highest BCUT2D eigenvalue weighted by Crippen LogP contribution is 2.28. The number of fused-ring (bicyclic) bond motifs is 1. The lowest BCUT2D eigenvalue weighted by atomic mass is 10.1. The van der Waals surface area contributed by atoms with Gasteiger partial charge in [0, 0.05) is 56.7 Å². The van der Waals surface area contributed by atoms with Gasteiger partial charge in [-0.15, -0.1) is 5.10 Å². The van der Waals surface area contributed by atoms with E-state index in [4.69, 9.17) is 0 Å². The molecule has 0 unspecified atom stereocenters. The zero-order chi connectivity index (χ0) is 20.7. The molecule has 8 heteroatoms. The number of benzene rings is 1. The molecule has 0 N–H and O–H groups in total. The van der Waals surface area contributed by atoms with E-state index in [-0.39, 0.29) is 11.9 Å². The summed E-state index contributed by atoms with van der Waals surface area (Å²) in [4.78, 5) is 4.78. The summed E-state index contributed by atoms with van der Waals surface area (Å²) in [6.45, 7) is 3.72. The highest BCUT2D eigenvalue weighted by Gasteiger charge is 2.29. The van der Waals surface area contributed by atoms with Gasteiger partial charge in [0.2, 0.25) is 0 Å². The van der Waals surface area contributed by atoms with Crippen LogP contribution in [-0.2, 0) is 13.6 Å². The van der Waals surface area contributed by atoms with E-state index < -0.39 is 0 Å². The SMILES string of the molecule is CN1CCN(Cc2cnn(C)c2)C[C@@H]1c1nnn2cc(-c3cccc(F)c3)ccc12. The molecule has 30 heavy (non-hydrogen) atoms. The standard InChI is InChI=1S/C22H24FN7/c1-27-8-9-29(13-16-11-24-28(2)12-16)15-21(27)22-20-7-6-18(14-30(20)26-25-22)17-4-3-5-19(23)10-17/h3-7,10-12,14,21H,8-9,13,15H2,1-2H3/t21-/m1/s1. The lowest BCUT2D eigenvalue weighted by Crippen LogP contribution is -2.46. The first-order chi connectivity index (χ1) is 14.6. The van der Waals surface area contributed by atoms with Crippen LogP contribution in [0.4, 0.5) is 4.39 Å². The fraction of sp³-hybridized carbons (Fsp3) is 0.318. The summed E-state index contributed by atoms with van der Waals surface area (Å²) in [5, 5.41) is 13.2. The van der Waals surface area contributed by atoms with Gasteiger partial charge in [-0.25, -0.2) is 8.91 Å². The van der Waals surface area contributed by atoms with Crippen molar-refractivity contribution in [3.05, 3.63) is 72.1 Å². The minimum atomic E-state index is -0.246. The largest absolute Gasteiger partial charge is 0.296 e. The van der Waals surface area contributed by atoms with Gasteiger partial charge < -0.3 is 0 Å². The van der Waals surface area contributed by atoms with Gasteiger partial charge in [0.15, 0.2) is 0 Å². The van der Waals surface area contributed by atoms with Crippen LogP contribution in [0.15, 0.2) is 55.0 Å². The summed E-state index contributed by atoms with van der Waals surface area (Å²) in [5.41, 5.74) is 4.91. The maximum absolute atomic E-state index is 13.6. The fourth-order valence-corrected chi connectivity index (χ4v) is 4.17. The van der Waals surface area contributed by atoms with Crippen LogP contribution in [0.2, 0.25) is 0 Å². The van der Waals surface area contributed by atoms with E-state index in [2.05, 4.69) is 38.5 Å². The number of aryl methyl sites for hydroxylation is 1. The number of piperazine rings is 1. The van der Waals surface area contributed by atoms with Crippen LogP contribution < -0.4 is 0 Å². The van der Waals surface area contributed by atoms with E-state index in [0.717, 1.165) is 48.5 Å². The maximum atomic E-state index is 13.6. The Morgan fingerprint density at radius 1 is 1.07 bits per heavy atom. The summed E-state index contributed by atoms with van der Waals surface area (Å²) in [6, 6.07) is 10.8. The van der Waals surface area contributed by atoms with E-state index >= 15 is 0 Å². The van der Waals surface area contributed by atoms with Crippen molar-refractivity contribution >= 4 is 5.52 Å². The molecule has 1 atom stereocenters. The second-order valence-corrected chi connectivity index (χ2v) is 7.99. The van der Waals surface area contributed by atoms with Gasteiger partial charge in [0.25, 0.3) is 0 Å². The van der Waals surface area contributed by atoms with Gasteiger partial charge in [-0.05, 0) is 30.8 Å². The number of rotatable bonds is 4. The lowest BCUT2D eigenvalue weighted by Gasteiger charge is -2.38. The normalized spacial score (nSPS) is 18.3. The molecule has 5 rings (SSSR count). The molecule has 1 aliphatic heterocycles.